The quantitative estimate of drug-likeness (QED) is 0.710. The molecule has 2 aromatic carbocycles. The fraction of sp³-hybridized carbons (Fsp3) is 0.143. The summed E-state index contributed by atoms with van der Waals surface area (Å²) < 4.78 is 62.6. The summed E-state index contributed by atoms with van der Waals surface area (Å²) in [5, 5.41) is 3.80. The van der Waals surface area contributed by atoms with Gasteiger partial charge in [-0.15, -0.1) is 0 Å². The molecule has 1 radical (unpaired) electrons. The van der Waals surface area contributed by atoms with Crippen LogP contribution in [0.15, 0.2) is 54.6 Å². The molecular weight excluding hydrogens is 356 g/mol. The standard InChI is InChI=1S/C14H15N2O6S2/c17-23(18,19)10-15-13-8-4-5-9-14(13)16(11-24(20,21)22)12-6-2-1-3-7-12/h1-9H,10-11H2,(H,17,18,19)(H,20,21,22). The van der Waals surface area contributed by atoms with Crippen LogP contribution in [0.1, 0.15) is 0 Å². The molecule has 2 rings (SSSR count). The maximum atomic E-state index is 11.4. The molecule has 0 fully saturated rings. The number of hydrogen-bond donors (Lipinski definition) is 2. The summed E-state index contributed by atoms with van der Waals surface area (Å²) in [5.41, 5.74) is 0.886. The second-order valence-corrected chi connectivity index (χ2v) is 7.68. The highest BCUT2D eigenvalue weighted by molar-refractivity contribution is 7.86. The lowest BCUT2D eigenvalue weighted by atomic mass is 10.2. The average molecular weight is 371 g/mol. The zero-order chi connectivity index (χ0) is 17.8. The predicted molar refractivity (Wildman–Crippen MR) is 89.6 cm³/mol. The Balaban J connectivity index is 2.47. The molecule has 0 saturated heterocycles. The molecule has 0 heterocycles. The van der Waals surface area contributed by atoms with Crippen LogP contribution in [-0.4, -0.2) is 37.7 Å². The zero-order valence-electron chi connectivity index (χ0n) is 12.3. The minimum Gasteiger partial charge on any atom is -0.322 e. The second kappa shape index (κ2) is 7.18. The highest BCUT2D eigenvalue weighted by Crippen LogP contribution is 2.32. The number of para-hydroxylation sites is 3. The Kier molecular flexibility index (Phi) is 5.44. The first-order valence-corrected chi connectivity index (χ1v) is 9.87. The Morgan fingerprint density at radius 2 is 1.42 bits per heavy atom. The minimum absolute atomic E-state index is 0.155. The van der Waals surface area contributed by atoms with Crippen molar-refractivity contribution in [2.24, 2.45) is 0 Å². The first-order chi connectivity index (χ1) is 11.2. The van der Waals surface area contributed by atoms with Crippen LogP contribution in [0.4, 0.5) is 17.1 Å². The van der Waals surface area contributed by atoms with E-state index < -0.39 is 32.0 Å². The van der Waals surface area contributed by atoms with E-state index in [0.717, 1.165) is 0 Å². The second-order valence-electron chi connectivity index (χ2n) is 4.83. The highest BCUT2D eigenvalue weighted by Gasteiger charge is 2.20. The van der Waals surface area contributed by atoms with Gasteiger partial charge in [0.1, 0.15) is 0 Å². The lowest BCUT2D eigenvalue weighted by Crippen LogP contribution is -2.26. The Hall–Kier alpha value is -2.14. The van der Waals surface area contributed by atoms with Crippen LogP contribution >= 0.6 is 0 Å². The normalized spacial score (nSPS) is 11.9. The molecule has 0 aromatic heterocycles. The van der Waals surface area contributed by atoms with E-state index in [1.807, 2.05) is 0 Å². The van der Waals surface area contributed by atoms with Gasteiger partial charge >= 0.3 is 0 Å². The summed E-state index contributed by atoms with van der Waals surface area (Å²) in [6.07, 6.45) is 0. The van der Waals surface area contributed by atoms with Crippen molar-refractivity contribution in [3.8, 4) is 0 Å². The van der Waals surface area contributed by atoms with Crippen LogP contribution in [0.5, 0.6) is 0 Å². The van der Waals surface area contributed by atoms with Gasteiger partial charge in [-0.3, -0.25) is 14.4 Å². The van der Waals surface area contributed by atoms with Gasteiger partial charge in [0.15, 0.2) is 11.8 Å². The van der Waals surface area contributed by atoms with Gasteiger partial charge in [-0.25, -0.2) is 0 Å². The van der Waals surface area contributed by atoms with Gasteiger partial charge in [0, 0.05) is 5.69 Å². The minimum atomic E-state index is -4.36. The monoisotopic (exact) mass is 371 g/mol. The molecule has 0 amide bonds. The van der Waals surface area contributed by atoms with Gasteiger partial charge in [0.2, 0.25) is 0 Å². The Morgan fingerprint density at radius 1 is 0.833 bits per heavy atom. The van der Waals surface area contributed by atoms with Gasteiger partial charge in [0.25, 0.3) is 20.2 Å². The zero-order valence-corrected chi connectivity index (χ0v) is 14.0. The van der Waals surface area contributed by atoms with Crippen molar-refractivity contribution >= 4 is 37.3 Å². The van der Waals surface area contributed by atoms with E-state index >= 15 is 0 Å². The molecule has 0 atom stereocenters. The van der Waals surface area contributed by atoms with E-state index in [0.29, 0.717) is 5.69 Å². The smallest absolute Gasteiger partial charge is 0.285 e. The van der Waals surface area contributed by atoms with Crippen molar-refractivity contribution in [1.82, 2.24) is 5.32 Å². The van der Waals surface area contributed by atoms with Crippen LogP contribution in [-0.2, 0) is 20.2 Å². The molecule has 0 aliphatic heterocycles. The number of hydrogen-bond acceptors (Lipinski definition) is 5. The summed E-state index contributed by atoms with van der Waals surface area (Å²) in [5.74, 6) is -1.60. The van der Waals surface area contributed by atoms with E-state index in [1.54, 1.807) is 42.5 Å². The summed E-state index contributed by atoms with van der Waals surface area (Å²) in [4.78, 5) is 1.28. The first-order valence-electron chi connectivity index (χ1n) is 6.65. The van der Waals surface area contributed by atoms with Crippen LogP contribution in [0.2, 0.25) is 0 Å². The highest BCUT2D eigenvalue weighted by atomic mass is 32.2. The topological polar surface area (TPSA) is 126 Å². The lowest BCUT2D eigenvalue weighted by molar-refractivity contribution is 0.478. The Bertz CT molecular complexity index is 898. The Morgan fingerprint density at radius 3 is 2.00 bits per heavy atom. The summed E-state index contributed by atoms with van der Waals surface area (Å²) in [6.45, 7) is 0. The number of rotatable bonds is 7. The van der Waals surface area contributed by atoms with Crippen molar-refractivity contribution in [2.45, 2.75) is 0 Å². The van der Waals surface area contributed by atoms with E-state index in [1.165, 1.54) is 17.0 Å². The molecule has 2 N–H and O–H groups in total. The number of nitrogens with zero attached hydrogens (tertiary/aromatic N) is 2. The fourth-order valence-corrected chi connectivity index (χ4v) is 2.95. The van der Waals surface area contributed by atoms with Gasteiger partial charge in [-0.2, -0.15) is 16.8 Å². The molecule has 0 bridgehead atoms. The molecular formula is C14H15N2O6S2. The molecule has 24 heavy (non-hydrogen) atoms. The van der Waals surface area contributed by atoms with Crippen molar-refractivity contribution in [3.05, 3.63) is 54.6 Å². The summed E-state index contributed by atoms with van der Waals surface area (Å²) in [7, 11) is -8.68. The average Bonchev–Trinajstić information content (AvgIpc) is 2.50. The number of benzene rings is 2. The molecule has 10 heteroatoms. The summed E-state index contributed by atoms with van der Waals surface area (Å²) >= 11 is 0. The van der Waals surface area contributed by atoms with E-state index in [2.05, 4.69) is 5.32 Å². The molecule has 0 aliphatic carbocycles. The molecule has 8 nitrogen and oxygen atoms in total. The van der Waals surface area contributed by atoms with Crippen molar-refractivity contribution in [1.29, 1.82) is 0 Å². The molecule has 0 unspecified atom stereocenters. The van der Waals surface area contributed by atoms with Crippen molar-refractivity contribution in [2.75, 3.05) is 16.7 Å². The fourth-order valence-electron chi connectivity index (χ4n) is 2.03. The molecule has 0 aliphatic rings. The summed E-state index contributed by atoms with van der Waals surface area (Å²) in [6, 6.07) is 14.6. The van der Waals surface area contributed by atoms with E-state index in [-0.39, 0.29) is 11.4 Å². The SMILES string of the molecule is O=S(=O)(O)C[N]c1ccccc1N(CS(=O)(=O)O)c1ccccc1. The maximum absolute atomic E-state index is 11.4. The van der Waals surface area contributed by atoms with Crippen molar-refractivity contribution < 1.29 is 25.9 Å². The molecule has 129 valence electrons. The van der Waals surface area contributed by atoms with E-state index in [9.17, 15) is 21.4 Å². The molecule has 0 spiro atoms. The van der Waals surface area contributed by atoms with Gasteiger partial charge in [-0.1, -0.05) is 30.3 Å². The van der Waals surface area contributed by atoms with Gasteiger partial charge in [-0.05, 0) is 24.3 Å². The first kappa shape index (κ1) is 18.2. The van der Waals surface area contributed by atoms with Gasteiger partial charge < -0.3 is 4.90 Å². The third-order valence-electron chi connectivity index (χ3n) is 2.93. The number of anilines is 2. The van der Waals surface area contributed by atoms with Crippen LogP contribution < -0.4 is 10.2 Å². The largest absolute Gasteiger partial charge is 0.322 e. The lowest BCUT2D eigenvalue weighted by Gasteiger charge is -2.25. The van der Waals surface area contributed by atoms with Gasteiger partial charge in [0.05, 0.1) is 11.4 Å². The molecule has 2 aromatic rings. The van der Waals surface area contributed by atoms with Crippen LogP contribution in [0, 0.1) is 0 Å². The third-order valence-corrected chi connectivity index (χ3v) is 3.97. The Labute approximate surface area is 140 Å². The van der Waals surface area contributed by atoms with Crippen molar-refractivity contribution in [3.63, 3.8) is 0 Å². The molecule has 0 saturated carbocycles. The third kappa shape index (κ3) is 5.49. The predicted octanol–water partition coefficient (Wildman–Crippen LogP) is 1.75. The maximum Gasteiger partial charge on any atom is 0.285 e. The van der Waals surface area contributed by atoms with E-state index in [4.69, 9.17) is 4.55 Å². The van der Waals surface area contributed by atoms with Crippen LogP contribution in [0.3, 0.4) is 0 Å². The van der Waals surface area contributed by atoms with Crippen LogP contribution in [0.25, 0.3) is 0 Å².